The van der Waals surface area contributed by atoms with E-state index in [1.54, 1.807) is 0 Å². The highest BCUT2D eigenvalue weighted by molar-refractivity contribution is 7.71. The molecule has 0 aliphatic heterocycles. The second kappa shape index (κ2) is 2.85. The average Bonchev–Trinajstić information content (AvgIpc) is 2.20. The standard InChI is InChI=1S/C5H7NO3S/c7-2-1-6-4(8)3-9-5(6)10/h3,7-8H,1-2H2. The molecule has 0 atom stereocenters. The zero-order valence-corrected chi connectivity index (χ0v) is 5.97. The summed E-state index contributed by atoms with van der Waals surface area (Å²) in [5.74, 6) is -0.0564. The van der Waals surface area contributed by atoms with E-state index in [9.17, 15) is 0 Å². The molecule has 1 rings (SSSR count). The van der Waals surface area contributed by atoms with Crippen molar-refractivity contribution in [3.63, 3.8) is 0 Å². The number of aliphatic hydroxyl groups is 1. The number of oxazole rings is 1. The van der Waals surface area contributed by atoms with Gasteiger partial charge in [-0.3, -0.25) is 4.57 Å². The Hall–Kier alpha value is -0.810. The third-order valence-electron chi connectivity index (χ3n) is 1.09. The molecule has 0 amide bonds. The molecule has 56 valence electrons. The quantitative estimate of drug-likeness (QED) is 0.620. The Kier molecular flexibility index (Phi) is 2.08. The Morgan fingerprint density at radius 1 is 1.70 bits per heavy atom. The first-order valence-electron chi connectivity index (χ1n) is 2.74. The number of hydrogen-bond acceptors (Lipinski definition) is 4. The van der Waals surface area contributed by atoms with Gasteiger partial charge in [-0.25, -0.2) is 0 Å². The lowest BCUT2D eigenvalue weighted by atomic mass is 10.6. The van der Waals surface area contributed by atoms with Crippen LogP contribution in [0.1, 0.15) is 0 Å². The van der Waals surface area contributed by atoms with Crippen molar-refractivity contribution in [2.24, 2.45) is 0 Å². The van der Waals surface area contributed by atoms with E-state index in [1.807, 2.05) is 0 Å². The molecule has 1 aromatic heterocycles. The smallest absolute Gasteiger partial charge is 0.271 e. The maximum absolute atomic E-state index is 8.95. The van der Waals surface area contributed by atoms with E-state index in [-0.39, 0.29) is 23.9 Å². The van der Waals surface area contributed by atoms with Gasteiger partial charge in [-0.05, 0) is 12.2 Å². The van der Waals surface area contributed by atoms with Gasteiger partial charge in [0.15, 0.2) is 6.26 Å². The van der Waals surface area contributed by atoms with Crippen molar-refractivity contribution in [1.82, 2.24) is 4.57 Å². The van der Waals surface area contributed by atoms with Crippen LogP contribution in [0.15, 0.2) is 10.7 Å². The highest BCUT2D eigenvalue weighted by atomic mass is 32.1. The predicted octanol–water partition coefficient (Wildman–Crippen LogP) is 0.508. The Bertz CT molecular complexity index is 264. The van der Waals surface area contributed by atoms with Crippen LogP contribution in [0.3, 0.4) is 0 Å². The van der Waals surface area contributed by atoms with Gasteiger partial charge in [0.2, 0.25) is 5.88 Å². The highest BCUT2D eigenvalue weighted by Gasteiger charge is 2.00. The summed E-state index contributed by atoms with van der Waals surface area (Å²) in [6, 6.07) is 0. The van der Waals surface area contributed by atoms with Gasteiger partial charge in [0.05, 0.1) is 13.2 Å². The van der Waals surface area contributed by atoms with Crippen LogP contribution in [0.2, 0.25) is 0 Å². The molecule has 2 N–H and O–H groups in total. The summed E-state index contributed by atoms with van der Waals surface area (Å²) < 4.78 is 5.97. The average molecular weight is 161 g/mol. The summed E-state index contributed by atoms with van der Waals surface area (Å²) in [4.78, 5) is 0.173. The molecular weight excluding hydrogens is 154 g/mol. The SMILES string of the molecule is OCCn1c(O)coc1=S. The number of hydrogen-bond donors (Lipinski definition) is 2. The van der Waals surface area contributed by atoms with E-state index in [4.69, 9.17) is 10.2 Å². The fraction of sp³-hybridized carbons (Fsp3) is 0.400. The molecule has 0 radical (unpaired) electrons. The van der Waals surface area contributed by atoms with Gasteiger partial charge < -0.3 is 14.6 Å². The Morgan fingerprint density at radius 2 is 2.40 bits per heavy atom. The predicted molar refractivity (Wildman–Crippen MR) is 36.3 cm³/mol. The summed E-state index contributed by atoms with van der Waals surface area (Å²) in [6.07, 6.45) is 1.14. The summed E-state index contributed by atoms with van der Waals surface area (Å²) in [6.45, 7) is 0.197. The van der Waals surface area contributed by atoms with Crippen LogP contribution in [-0.2, 0) is 6.54 Å². The number of aromatic hydroxyl groups is 1. The molecule has 0 unspecified atom stereocenters. The maximum atomic E-state index is 8.95. The van der Waals surface area contributed by atoms with E-state index in [1.165, 1.54) is 4.57 Å². The molecule has 0 fully saturated rings. The first-order chi connectivity index (χ1) is 4.75. The number of rotatable bonds is 2. The zero-order chi connectivity index (χ0) is 7.56. The summed E-state index contributed by atoms with van der Waals surface area (Å²) >= 11 is 4.66. The first kappa shape index (κ1) is 7.30. The van der Waals surface area contributed by atoms with E-state index >= 15 is 0 Å². The lowest BCUT2D eigenvalue weighted by Crippen LogP contribution is -2.00. The monoisotopic (exact) mass is 161 g/mol. The van der Waals surface area contributed by atoms with Crippen molar-refractivity contribution in [2.45, 2.75) is 6.54 Å². The third kappa shape index (κ3) is 1.19. The van der Waals surface area contributed by atoms with Crippen LogP contribution in [-0.4, -0.2) is 21.4 Å². The zero-order valence-electron chi connectivity index (χ0n) is 5.15. The van der Waals surface area contributed by atoms with Gasteiger partial charge in [-0.2, -0.15) is 0 Å². The van der Waals surface area contributed by atoms with Crippen LogP contribution in [0.5, 0.6) is 5.88 Å². The normalized spacial score (nSPS) is 10.1. The summed E-state index contributed by atoms with van der Waals surface area (Å²) in [5, 5.41) is 17.4. The Balaban J connectivity index is 2.99. The molecular formula is C5H7NO3S. The van der Waals surface area contributed by atoms with Crippen LogP contribution < -0.4 is 0 Å². The maximum Gasteiger partial charge on any atom is 0.271 e. The molecule has 0 bridgehead atoms. The van der Waals surface area contributed by atoms with E-state index in [2.05, 4.69) is 16.6 Å². The summed E-state index contributed by atoms with van der Waals surface area (Å²) in [7, 11) is 0. The van der Waals surface area contributed by atoms with Crippen molar-refractivity contribution in [3.8, 4) is 5.88 Å². The minimum absolute atomic E-state index is 0.0564. The van der Waals surface area contributed by atoms with Crippen LogP contribution in [0, 0.1) is 4.84 Å². The van der Waals surface area contributed by atoms with Gasteiger partial charge >= 0.3 is 0 Å². The van der Waals surface area contributed by atoms with Crippen molar-refractivity contribution >= 4 is 12.2 Å². The Morgan fingerprint density at radius 3 is 2.80 bits per heavy atom. The molecule has 0 spiro atoms. The van der Waals surface area contributed by atoms with Crippen molar-refractivity contribution < 1.29 is 14.6 Å². The third-order valence-corrected chi connectivity index (χ3v) is 1.40. The molecule has 0 saturated carbocycles. The van der Waals surface area contributed by atoms with Crippen molar-refractivity contribution in [2.75, 3.05) is 6.61 Å². The van der Waals surface area contributed by atoms with Crippen LogP contribution >= 0.6 is 12.2 Å². The van der Waals surface area contributed by atoms with E-state index in [0.717, 1.165) is 6.26 Å². The second-order valence-corrected chi connectivity index (χ2v) is 2.08. The first-order valence-corrected chi connectivity index (χ1v) is 3.14. The topological polar surface area (TPSA) is 58.5 Å². The fourth-order valence-corrected chi connectivity index (χ4v) is 0.863. The second-order valence-electron chi connectivity index (χ2n) is 1.74. The van der Waals surface area contributed by atoms with Gasteiger partial charge in [0, 0.05) is 0 Å². The van der Waals surface area contributed by atoms with Gasteiger partial charge in [0.1, 0.15) is 0 Å². The summed E-state index contributed by atoms with van der Waals surface area (Å²) in [5.41, 5.74) is 0. The molecule has 4 nitrogen and oxygen atoms in total. The van der Waals surface area contributed by atoms with Gasteiger partial charge in [-0.1, -0.05) is 0 Å². The van der Waals surface area contributed by atoms with Gasteiger partial charge in [0.25, 0.3) is 4.84 Å². The fourth-order valence-electron chi connectivity index (χ4n) is 0.630. The number of nitrogens with zero attached hydrogens (tertiary/aromatic N) is 1. The van der Waals surface area contributed by atoms with Crippen LogP contribution in [0.4, 0.5) is 0 Å². The molecule has 0 saturated heterocycles. The van der Waals surface area contributed by atoms with E-state index < -0.39 is 0 Å². The minimum Gasteiger partial charge on any atom is -0.492 e. The molecule has 0 aliphatic carbocycles. The van der Waals surface area contributed by atoms with Gasteiger partial charge in [-0.15, -0.1) is 0 Å². The number of aliphatic hydroxyl groups excluding tert-OH is 1. The molecule has 10 heavy (non-hydrogen) atoms. The Labute approximate surface area is 62.3 Å². The molecule has 5 heteroatoms. The lowest BCUT2D eigenvalue weighted by molar-refractivity contribution is 0.264. The van der Waals surface area contributed by atoms with Crippen LogP contribution in [0.25, 0.3) is 0 Å². The van der Waals surface area contributed by atoms with Crippen molar-refractivity contribution in [3.05, 3.63) is 11.1 Å². The largest absolute Gasteiger partial charge is 0.492 e. The minimum atomic E-state index is -0.0681. The molecule has 1 heterocycles. The van der Waals surface area contributed by atoms with Crippen molar-refractivity contribution in [1.29, 1.82) is 0 Å². The number of aromatic nitrogens is 1. The lowest BCUT2D eigenvalue weighted by Gasteiger charge is -1.96. The molecule has 0 aromatic carbocycles. The molecule has 0 aliphatic rings. The highest BCUT2D eigenvalue weighted by Crippen LogP contribution is 2.10. The molecule has 1 aromatic rings. The van der Waals surface area contributed by atoms with E-state index in [0.29, 0.717) is 0 Å².